The molecular formula is C12H15BrClN3O2. The molecule has 0 saturated carbocycles. The van der Waals surface area contributed by atoms with Gasteiger partial charge in [0, 0.05) is 12.8 Å². The van der Waals surface area contributed by atoms with Gasteiger partial charge >= 0.3 is 0 Å². The van der Waals surface area contributed by atoms with Crippen LogP contribution in [0.3, 0.4) is 0 Å². The number of hydrogen-bond donors (Lipinski definition) is 2. The van der Waals surface area contributed by atoms with E-state index in [9.17, 15) is 9.59 Å². The number of fused-ring (bicyclic) bond motifs is 2. The molecule has 1 aromatic heterocycles. The molecule has 0 radical (unpaired) electrons. The Morgan fingerprint density at radius 2 is 1.95 bits per heavy atom. The normalized spacial score (nSPS) is 19.8. The zero-order valence-electron chi connectivity index (χ0n) is 10.5. The average Bonchev–Trinajstić information content (AvgIpc) is 2.60. The third-order valence-corrected chi connectivity index (χ3v) is 4.34. The standard InChI is InChI=1S/C12H14BrN3O2.ClH/c1-7-6-8(13)11(18)16-9(7)10(17)15-12(16)2-4-14-5-3-12;/h6,14H,2-5H2,1H3,(H,15,17);1H. The van der Waals surface area contributed by atoms with Crippen molar-refractivity contribution >= 4 is 34.2 Å². The first-order chi connectivity index (χ1) is 8.55. The SMILES string of the molecule is Cc1cc(Br)c(=O)n2c1C(=O)NC21CCNCC1.Cl. The van der Waals surface area contributed by atoms with E-state index in [1.54, 1.807) is 10.6 Å². The summed E-state index contributed by atoms with van der Waals surface area (Å²) < 4.78 is 2.16. The molecule has 2 N–H and O–H groups in total. The molecule has 1 spiro atoms. The Kier molecular flexibility index (Phi) is 3.77. The van der Waals surface area contributed by atoms with Crippen molar-refractivity contribution < 1.29 is 4.79 Å². The number of amides is 1. The summed E-state index contributed by atoms with van der Waals surface area (Å²) in [6.07, 6.45) is 1.48. The van der Waals surface area contributed by atoms with Crippen molar-refractivity contribution in [1.29, 1.82) is 0 Å². The Hall–Kier alpha value is -0.850. The van der Waals surface area contributed by atoms with Crippen LogP contribution in [0.2, 0.25) is 0 Å². The summed E-state index contributed by atoms with van der Waals surface area (Å²) in [7, 11) is 0. The minimum absolute atomic E-state index is 0. The van der Waals surface area contributed by atoms with Crippen LogP contribution in [0.15, 0.2) is 15.3 Å². The number of pyridine rings is 1. The first-order valence-corrected chi connectivity index (χ1v) is 6.80. The molecule has 3 heterocycles. The van der Waals surface area contributed by atoms with Gasteiger partial charge in [-0.05, 0) is 47.6 Å². The van der Waals surface area contributed by atoms with Crippen LogP contribution in [0.25, 0.3) is 0 Å². The lowest BCUT2D eigenvalue weighted by atomic mass is 9.98. The van der Waals surface area contributed by atoms with E-state index in [4.69, 9.17) is 0 Å². The highest BCUT2D eigenvalue weighted by molar-refractivity contribution is 9.10. The van der Waals surface area contributed by atoms with Crippen molar-refractivity contribution in [3.63, 3.8) is 0 Å². The largest absolute Gasteiger partial charge is 0.327 e. The Balaban J connectivity index is 0.00000133. The third-order valence-electron chi connectivity index (χ3n) is 3.77. The highest BCUT2D eigenvalue weighted by Crippen LogP contribution is 2.31. The van der Waals surface area contributed by atoms with Gasteiger partial charge < -0.3 is 10.6 Å². The molecule has 0 aromatic carbocycles. The Bertz CT molecular complexity index is 593. The zero-order chi connectivity index (χ0) is 12.9. The van der Waals surface area contributed by atoms with Gasteiger partial charge in [-0.25, -0.2) is 0 Å². The predicted octanol–water partition coefficient (Wildman–Crippen LogP) is 1.12. The van der Waals surface area contributed by atoms with E-state index in [-0.39, 0.29) is 23.9 Å². The van der Waals surface area contributed by atoms with E-state index >= 15 is 0 Å². The Morgan fingerprint density at radius 3 is 2.58 bits per heavy atom. The molecule has 0 unspecified atom stereocenters. The van der Waals surface area contributed by atoms with Crippen LogP contribution < -0.4 is 16.2 Å². The lowest BCUT2D eigenvalue weighted by Crippen LogP contribution is -2.53. The summed E-state index contributed by atoms with van der Waals surface area (Å²) >= 11 is 3.28. The fraction of sp³-hybridized carbons (Fsp3) is 0.500. The maximum atomic E-state index is 12.3. The van der Waals surface area contributed by atoms with Gasteiger partial charge in [0.05, 0.1) is 4.47 Å². The molecule has 2 aliphatic rings. The summed E-state index contributed by atoms with van der Waals surface area (Å²) in [6, 6.07) is 1.72. The van der Waals surface area contributed by atoms with Crippen LogP contribution in [0.1, 0.15) is 28.9 Å². The van der Waals surface area contributed by atoms with Crippen LogP contribution in [0, 0.1) is 6.92 Å². The molecule has 1 amide bonds. The second-order valence-corrected chi connectivity index (χ2v) is 5.75. The molecular weight excluding hydrogens is 334 g/mol. The van der Waals surface area contributed by atoms with Crippen molar-refractivity contribution in [1.82, 2.24) is 15.2 Å². The van der Waals surface area contributed by atoms with E-state index in [1.165, 1.54) is 0 Å². The minimum atomic E-state index is -0.538. The number of carbonyl (C=O) groups excluding carboxylic acids is 1. The van der Waals surface area contributed by atoms with Crippen LogP contribution in [0.4, 0.5) is 0 Å². The number of piperidine rings is 1. The van der Waals surface area contributed by atoms with Gasteiger partial charge in [0.15, 0.2) is 0 Å². The molecule has 104 valence electrons. The maximum Gasteiger partial charge on any atom is 0.270 e. The van der Waals surface area contributed by atoms with E-state index < -0.39 is 5.66 Å². The van der Waals surface area contributed by atoms with Gasteiger partial charge in [-0.3, -0.25) is 14.2 Å². The lowest BCUT2D eigenvalue weighted by molar-refractivity contribution is 0.0886. The quantitative estimate of drug-likeness (QED) is 0.738. The molecule has 0 atom stereocenters. The van der Waals surface area contributed by atoms with Crippen molar-refractivity contribution in [2.45, 2.75) is 25.4 Å². The minimum Gasteiger partial charge on any atom is -0.327 e. The smallest absolute Gasteiger partial charge is 0.270 e. The fourth-order valence-electron chi connectivity index (χ4n) is 2.91. The molecule has 0 aliphatic carbocycles. The molecule has 19 heavy (non-hydrogen) atoms. The van der Waals surface area contributed by atoms with Gasteiger partial charge in [-0.1, -0.05) is 0 Å². The summed E-state index contributed by atoms with van der Waals surface area (Å²) in [5.74, 6) is -0.140. The van der Waals surface area contributed by atoms with Gasteiger partial charge in [0.1, 0.15) is 11.4 Å². The van der Waals surface area contributed by atoms with Crippen LogP contribution in [-0.2, 0) is 5.66 Å². The van der Waals surface area contributed by atoms with Crippen molar-refractivity contribution in [3.8, 4) is 0 Å². The van der Waals surface area contributed by atoms with Crippen molar-refractivity contribution in [2.24, 2.45) is 0 Å². The maximum absolute atomic E-state index is 12.3. The summed E-state index contributed by atoms with van der Waals surface area (Å²) in [6.45, 7) is 3.46. The molecule has 1 fully saturated rings. The molecule has 3 rings (SSSR count). The number of nitrogens with zero attached hydrogens (tertiary/aromatic N) is 1. The van der Waals surface area contributed by atoms with E-state index in [2.05, 4.69) is 26.6 Å². The number of aryl methyl sites for hydroxylation is 1. The predicted molar refractivity (Wildman–Crippen MR) is 77.9 cm³/mol. The third kappa shape index (κ3) is 2.02. The van der Waals surface area contributed by atoms with Crippen LogP contribution in [0.5, 0.6) is 0 Å². The van der Waals surface area contributed by atoms with E-state index in [0.29, 0.717) is 10.2 Å². The van der Waals surface area contributed by atoms with Crippen molar-refractivity contribution in [3.05, 3.63) is 32.2 Å². The van der Waals surface area contributed by atoms with E-state index in [1.807, 2.05) is 6.92 Å². The van der Waals surface area contributed by atoms with Gasteiger partial charge in [-0.2, -0.15) is 0 Å². The highest BCUT2D eigenvalue weighted by atomic mass is 79.9. The zero-order valence-corrected chi connectivity index (χ0v) is 12.9. The molecule has 2 aliphatic heterocycles. The summed E-state index contributed by atoms with van der Waals surface area (Å²) in [5.41, 5.74) is 0.666. The average molecular weight is 349 g/mol. The molecule has 7 heteroatoms. The monoisotopic (exact) mass is 347 g/mol. The molecule has 1 aromatic rings. The number of hydrogen-bond acceptors (Lipinski definition) is 3. The van der Waals surface area contributed by atoms with Crippen LogP contribution >= 0.6 is 28.3 Å². The lowest BCUT2D eigenvalue weighted by Gasteiger charge is -2.35. The fourth-order valence-corrected chi connectivity index (χ4v) is 3.43. The summed E-state index contributed by atoms with van der Waals surface area (Å²) in [5, 5.41) is 6.26. The van der Waals surface area contributed by atoms with Gasteiger partial charge in [-0.15, -0.1) is 12.4 Å². The number of aromatic nitrogens is 1. The molecule has 5 nitrogen and oxygen atoms in total. The van der Waals surface area contributed by atoms with E-state index in [0.717, 1.165) is 31.5 Å². The van der Waals surface area contributed by atoms with Crippen molar-refractivity contribution in [2.75, 3.05) is 13.1 Å². The second-order valence-electron chi connectivity index (χ2n) is 4.90. The molecule has 0 bridgehead atoms. The topological polar surface area (TPSA) is 63.1 Å². The van der Waals surface area contributed by atoms with Gasteiger partial charge in [0.25, 0.3) is 11.5 Å². The highest BCUT2D eigenvalue weighted by Gasteiger charge is 2.45. The Labute approximate surface area is 125 Å². The summed E-state index contributed by atoms with van der Waals surface area (Å²) in [4.78, 5) is 24.5. The Morgan fingerprint density at radius 1 is 1.32 bits per heavy atom. The number of carbonyl (C=O) groups is 1. The first-order valence-electron chi connectivity index (χ1n) is 6.01. The molecule has 1 saturated heterocycles. The second kappa shape index (κ2) is 4.92. The number of rotatable bonds is 0. The first kappa shape index (κ1) is 14.6. The number of halogens is 2. The van der Waals surface area contributed by atoms with Crippen LogP contribution in [-0.4, -0.2) is 23.6 Å². The number of nitrogens with one attached hydrogen (secondary N) is 2. The van der Waals surface area contributed by atoms with Gasteiger partial charge in [0.2, 0.25) is 0 Å².